The van der Waals surface area contributed by atoms with Gasteiger partial charge in [-0.05, 0) is 12.1 Å². The Balaban J connectivity index is 1.57. The number of anilines is 1. The molecule has 1 aromatic carbocycles. The van der Waals surface area contributed by atoms with Gasteiger partial charge in [0.1, 0.15) is 6.61 Å². The lowest BCUT2D eigenvalue weighted by molar-refractivity contribution is -0.146. The molecule has 1 aromatic heterocycles. The molecule has 6 nitrogen and oxygen atoms in total. The molecule has 0 aliphatic carbocycles. The number of alkyl halides is 2. The van der Waals surface area contributed by atoms with Gasteiger partial charge in [0.25, 0.3) is 0 Å². The summed E-state index contributed by atoms with van der Waals surface area (Å²) >= 11 is 1.27. The molecule has 3 rings (SSSR count). The number of fused-ring (bicyclic) bond motifs is 1. The van der Waals surface area contributed by atoms with E-state index in [1.807, 2.05) is 12.1 Å². The van der Waals surface area contributed by atoms with Crippen LogP contribution in [0.3, 0.4) is 0 Å². The molecule has 9 heteroatoms. The molecule has 2 heterocycles. The fourth-order valence-electron chi connectivity index (χ4n) is 2.22. The second kappa shape index (κ2) is 7.00. The molecule has 0 saturated carbocycles. The fourth-order valence-corrected chi connectivity index (χ4v) is 3.31. The zero-order chi connectivity index (χ0) is 17.1. The van der Waals surface area contributed by atoms with Gasteiger partial charge in [-0.25, -0.2) is 4.98 Å². The molecular weight excluding hydrogens is 340 g/mol. The minimum atomic E-state index is -2.75. The summed E-state index contributed by atoms with van der Waals surface area (Å²) in [6, 6.07) is 7.26. The van der Waals surface area contributed by atoms with Gasteiger partial charge >= 0.3 is 12.5 Å². The molecular formula is C15H13F2N3O3S. The third-order valence-corrected chi connectivity index (χ3v) is 4.66. The lowest BCUT2D eigenvalue weighted by Gasteiger charge is -2.23. The second-order valence-corrected chi connectivity index (χ2v) is 6.23. The van der Waals surface area contributed by atoms with E-state index in [2.05, 4.69) is 10.3 Å². The van der Waals surface area contributed by atoms with E-state index in [9.17, 15) is 18.4 Å². The van der Waals surface area contributed by atoms with E-state index in [0.29, 0.717) is 10.3 Å². The predicted molar refractivity (Wildman–Crippen MR) is 82.6 cm³/mol. The lowest BCUT2D eigenvalue weighted by Crippen LogP contribution is -2.31. The lowest BCUT2D eigenvalue weighted by atomic mass is 10.2. The first-order chi connectivity index (χ1) is 11.5. The van der Waals surface area contributed by atoms with Crippen LogP contribution in [0.25, 0.3) is 0 Å². The second-order valence-electron chi connectivity index (χ2n) is 4.99. The van der Waals surface area contributed by atoms with Crippen molar-refractivity contribution in [2.75, 3.05) is 5.32 Å². The topological polar surface area (TPSA) is 73.2 Å². The van der Waals surface area contributed by atoms with Gasteiger partial charge in [0.05, 0.1) is 17.4 Å². The Labute approximate surface area is 140 Å². The number of hydrogen-bond acceptors (Lipinski definition) is 5. The number of nitrogens with one attached hydrogen (secondary N) is 1. The number of carbonyl (C=O) groups excluding carboxylic acids is 2. The highest BCUT2D eigenvalue weighted by molar-refractivity contribution is 8.01. The van der Waals surface area contributed by atoms with Crippen molar-refractivity contribution in [3.8, 4) is 0 Å². The first kappa shape index (κ1) is 16.4. The van der Waals surface area contributed by atoms with Crippen molar-refractivity contribution in [2.45, 2.75) is 29.7 Å². The van der Waals surface area contributed by atoms with E-state index in [1.165, 1.54) is 18.0 Å². The maximum Gasteiger partial charge on any atom is 0.320 e. The molecule has 1 atom stereocenters. The molecule has 0 radical (unpaired) electrons. The molecule has 2 aromatic rings. The van der Waals surface area contributed by atoms with Crippen LogP contribution in [0.2, 0.25) is 0 Å². The number of aromatic nitrogens is 2. The summed E-state index contributed by atoms with van der Waals surface area (Å²) in [5, 5.41) is 2.10. The van der Waals surface area contributed by atoms with Crippen molar-refractivity contribution in [1.29, 1.82) is 0 Å². The van der Waals surface area contributed by atoms with Crippen LogP contribution in [0.4, 0.5) is 14.5 Å². The zero-order valence-corrected chi connectivity index (χ0v) is 13.1. The number of carbonyl (C=O) groups is 2. The van der Waals surface area contributed by atoms with E-state index >= 15 is 0 Å². The maximum absolute atomic E-state index is 12.7. The third-order valence-electron chi connectivity index (χ3n) is 3.38. The number of para-hydroxylation sites is 1. The standard InChI is InChI=1S/C15H13F2N3O3S/c16-15(17)20-6-5-18-12(20)8-23-13(21)7-11-14(22)19-9-3-1-2-4-10(9)24-11/h1-6,11,15H,7-8H2,(H,19,22)/t11-/m0/s1. The summed E-state index contributed by atoms with van der Waals surface area (Å²) in [4.78, 5) is 28.5. The van der Waals surface area contributed by atoms with Gasteiger partial charge in [-0.1, -0.05) is 12.1 Å². The quantitative estimate of drug-likeness (QED) is 0.837. The van der Waals surface area contributed by atoms with Gasteiger partial charge < -0.3 is 10.1 Å². The van der Waals surface area contributed by atoms with E-state index in [4.69, 9.17) is 4.74 Å². The minimum absolute atomic E-state index is 0.0514. The molecule has 0 bridgehead atoms. The summed E-state index contributed by atoms with van der Waals surface area (Å²) in [6.45, 7) is -3.12. The molecule has 24 heavy (non-hydrogen) atoms. The summed E-state index contributed by atoms with van der Waals surface area (Å²) in [7, 11) is 0. The van der Waals surface area contributed by atoms with Gasteiger partial charge in [0, 0.05) is 17.3 Å². The van der Waals surface area contributed by atoms with Gasteiger partial charge in [0.2, 0.25) is 5.91 Å². The van der Waals surface area contributed by atoms with Crippen LogP contribution in [-0.2, 0) is 20.9 Å². The van der Waals surface area contributed by atoms with Crippen molar-refractivity contribution < 1.29 is 23.1 Å². The number of thioether (sulfide) groups is 1. The number of esters is 1. The van der Waals surface area contributed by atoms with E-state index < -0.39 is 17.8 Å². The minimum Gasteiger partial charge on any atom is -0.457 e. The Morgan fingerprint density at radius 3 is 3.00 bits per heavy atom. The van der Waals surface area contributed by atoms with Crippen molar-refractivity contribution in [1.82, 2.24) is 9.55 Å². The number of halogens is 2. The van der Waals surface area contributed by atoms with Crippen LogP contribution >= 0.6 is 11.8 Å². The molecule has 1 N–H and O–H groups in total. The molecule has 1 aliphatic rings. The van der Waals surface area contributed by atoms with Crippen LogP contribution in [-0.4, -0.2) is 26.7 Å². The predicted octanol–water partition coefficient (Wildman–Crippen LogP) is 2.82. The van der Waals surface area contributed by atoms with Gasteiger partial charge in [0.15, 0.2) is 5.82 Å². The van der Waals surface area contributed by atoms with Crippen LogP contribution in [0.5, 0.6) is 0 Å². The number of imidazole rings is 1. The number of ether oxygens (including phenoxy) is 1. The smallest absolute Gasteiger partial charge is 0.320 e. The first-order valence-corrected chi connectivity index (χ1v) is 7.94. The Bertz CT molecular complexity index is 766. The van der Waals surface area contributed by atoms with Gasteiger partial charge in [-0.15, -0.1) is 11.8 Å². The summed E-state index contributed by atoms with van der Waals surface area (Å²) in [5.41, 5.74) is 0.705. The number of rotatable bonds is 5. The number of nitrogens with zero attached hydrogens (tertiary/aromatic N) is 2. The number of amides is 1. The summed E-state index contributed by atoms with van der Waals surface area (Å²) in [6.07, 6.45) is 2.16. The highest BCUT2D eigenvalue weighted by Gasteiger charge is 2.29. The summed E-state index contributed by atoms with van der Waals surface area (Å²) < 4.78 is 30.9. The highest BCUT2D eigenvalue weighted by atomic mass is 32.2. The van der Waals surface area contributed by atoms with Crippen molar-refractivity contribution in [2.24, 2.45) is 0 Å². The Morgan fingerprint density at radius 2 is 2.21 bits per heavy atom. The van der Waals surface area contributed by atoms with Gasteiger partial charge in [-0.2, -0.15) is 8.78 Å². The molecule has 1 amide bonds. The molecule has 0 unspecified atom stereocenters. The normalized spacial score (nSPS) is 16.6. The summed E-state index contributed by atoms with van der Waals surface area (Å²) in [5.74, 6) is -0.986. The molecule has 0 saturated heterocycles. The molecule has 126 valence electrons. The molecule has 1 aliphatic heterocycles. The van der Waals surface area contributed by atoms with E-state index in [1.54, 1.807) is 12.1 Å². The zero-order valence-electron chi connectivity index (χ0n) is 12.3. The highest BCUT2D eigenvalue weighted by Crippen LogP contribution is 2.36. The first-order valence-electron chi connectivity index (χ1n) is 7.06. The largest absolute Gasteiger partial charge is 0.457 e. The Morgan fingerprint density at radius 1 is 1.42 bits per heavy atom. The van der Waals surface area contributed by atoms with E-state index in [-0.39, 0.29) is 24.8 Å². The van der Waals surface area contributed by atoms with Crippen LogP contribution in [0.1, 0.15) is 18.8 Å². The average molecular weight is 353 g/mol. The third kappa shape index (κ3) is 3.56. The van der Waals surface area contributed by atoms with Crippen molar-refractivity contribution >= 4 is 29.3 Å². The number of hydrogen-bond donors (Lipinski definition) is 1. The van der Waals surface area contributed by atoms with Gasteiger partial charge in [-0.3, -0.25) is 14.2 Å². The average Bonchev–Trinajstić information content (AvgIpc) is 3.02. The van der Waals surface area contributed by atoms with Crippen molar-refractivity contribution in [3.63, 3.8) is 0 Å². The Hall–Kier alpha value is -2.42. The molecule has 0 fully saturated rings. The fraction of sp³-hybridized carbons (Fsp3) is 0.267. The SMILES string of the molecule is O=C(C[C@@H]1Sc2ccccc2NC1=O)OCc1nccn1C(F)F. The number of benzene rings is 1. The monoisotopic (exact) mass is 353 g/mol. The van der Waals surface area contributed by atoms with Crippen LogP contribution < -0.4 is 5.32 Å². The van der Waals surface area contributed by atoms with Crippen LogP contribution in [0.15, 0.2) is 41.6 Å². The maximum atomic E-state index is 12.7. The van der Waals surface area contributed by atoms with Crippen molar-refractivity contribution in [3.05, 3.63) is 42.5 Å². The molecule has 0 spiro atoms. The van der Waals surface area contributed by atoms with E-state index in [0.717, 1.165) is 11.1 Å². The Kier molecular flexibility index (Phi) is 4.79. The van der Waals surface area contributed by atoms with Crippen LogP contribution in [0, 0.1) is 0 Å².